The molecule has 25 heavy (non-hydrogen) atoms. The topological polar surface area (TPSA) is 121 Å². The molecule has 0 radical (unpaired) electrons. The fourth-order valence-electron chi connectivity index (χ4n) is 2.14. The quantitative estimate of drug-likeness (QED) is 0.590. The highest BCUT2D eigenvalue weighted by Gasteiger charge is 2.18. The van der Waals surface area contributed by atoms with Crippen molar-refractivity contribution in [3.63, 3.8) is 0 Å². The number of rotatable bonds is 10. The molecule has 138 valence electrons. The lowest BCUT2D eigenvalue weighted by Gasteiger charge is -2.20. The Labute approximate surface area is 146 Å². The van der Waals surface area contributed by atoms with Crippen LogP contribution in [0.2, 0.25) is 0 Å². The molecule has 1 aromatic carbocycles. The van der Waals surface area contributed by atoms with E-state index in [9.17, 15) is 22.8 Å². The number of nitrogens with one attached hydrogen (secondary N) is 1. The van der Waals surface area contributed by atoms with Gasteiger partial charge in [-0.25, -0.2) is 13.1 Å². The molecule has 0 aliphatic heterocycles. The molecule has 0 aromatic heterocycles. The molecule has 1 amide bonds. The number of amides is 1. The van der Waals surface area contributed by atoms with Gasteiger partial charge in [-0.05, 0) is 25.5 Å². The van der Waals surface area contributed by atoms with Crippen LogP contribution in [0.1, 0.15) is 37.0 Å². The first-order valence-electron chi connectivity index (χ1n) is 7.77. The summed E-state index contributed by atoms with van der Waals surface area (Å²) >= 11 is 0. The Morgan fingerprint density at radius 2 is 1.92 bits per heavy atom. The molecule has 2 N–H and O–H groups in total. The van der Waals surface area contributed by atoms with Crippen molar-refractivity contribution in [3.8, 4) is 0 Å². The number of Topliss-reactive ketones (excluding diaryl/α,β-unsaturated/α-hetero) is 1. The number of carbonyl (C=O) groups is 3. The Bertz CT molecular complexity index is 745. The summed E-state index contributed by atoms with van der Waals surface area (Å²) in [6, 6.07) is 5.59. The van der Waals surface area contributed by atoms with E-state index in [1.165, 1.54) is 36.1 Å². The first kappa shape index (κ1) is 20.8. The zero-order chi connectivity index (χ0) is 19.0. The Morgan fingerprint density at radius 3 is 2.48 bits per heavy atom. The minimum atomic E-state index is -3.86. The number of ketones is 1. The SMILES string of the molecule is CCCN(CC(=O)O)C(=O)CCNS(=O)(=O)c1cccc(C(C)=O)c1. The number of hydrogen-bond donors (Lipinski definition) is 2. The number of hydrogen-bond acceptors (Lipinski definition) is 5. The first-order chi connectivity index (χ1) is 11.7. The molecule has 0 unspecified atom stereocenters. The molecule has 0 bridgehead atoms. The summed E-state index contributed by atoms with van der Waals surface area (Å²) in [5.74, 6) is -1.82. The fraction of sp³-hybridized carbons (Fsp3) is 0.438. The average Bonchev–Trinajstić information content (AvgIpc) is 2.54. The highest BCUT2D eigenvalue weighted by molar-refractivity contribution is 7.89. The minimum absolute atomic E-state index is 0.0661. The third-order valence-corrected chi connectivity index (χ3v) is 4.81. The van der Waals surface area contributed by atoms with Crippen molar-refractivity contribution in [1.29, 1.82) is 0 Å². The van der Waals surface area contributed by atoms with Gasteiger partial charge >= 0.3 is 5.97 Å². The van der Waals surface area contributed by atoms with Crippen LogP contribution in [0.4, 0.5) is 0 Å². The third-order valence-electron chi connectivity index (χ3n) is 3.35. The van der Waals surface area contributed by atoms with E-state index in [-0.39, 0.29) is 29.2 Å². The maximum atomic E-state index is 12.2. The molecule has 0 aliphatic carbocycles. The Kier molecular flexibility index (Phi) is 7.72. The minimum Gasteiger partial charge on any atom is -0.480 e. The molecule has 1 rings (SSSR count). The molecular weight excluding hydrogens is 348 g/mol. The normalized spacial score (nSPS) is 11.1. The number of aliphatic carboxylic acids is 1. The number of carboxylic acid groups (broad SMARTS) is 1. The molecule has 0 saturated heterocycles. The number of carboxylic acids is 1. The predicted molar refractivity (Wildman–Crippen MR) is 90.8 cm³/mol. The molecule has 0 atom stereocenters. The highest BCUT2D eigenvalue weighted by atomic mass is 32.2. The Morgan fingerprint density at radius 1 is 1.24 bits per heavy atom. The van der Waals surface area contributed by atoms with Crippen molar-refractivity contribution >= 4 is 27.7 Å². The zero-order valence-corrected chi connectivity index (χ0v) is 15.0. The van der Waals surface area contributed by atoms with Gasteiger partial charge in [-0.15, -0.1) is 0 Å². The molecule has 1 aromatic rings. The van der Waals surface area contributed by atoms with Crippen molar-refractivity contribution in [1.82, 2.24) is 9.62 Å². The van der Waals surface area contributed by atoms with Crippen LogP contribution in [0, 0.1) is 0 Å². The van der Waals surface area contributed by atoms with Crippen LogP contribution in [0.25, 0.3) is 0 Å². The van der Waals surface area contributed by atoms with E-state index in [0.29, 0.717) is 13.0 Å². The third kappa shape index (κ3) is 6.63. The number of sulfonamides is 1. The maximum absolute atomic E-state index is 12.2. The van der Waals surface area contributed by atoms with Gasteiger partial charge in [-0.1, -0.05) is 19.1 Å². The van der Waals surface area contributed by atoms with E-state index >= 15 is 0 Å². The van der Waals surface area contributed by atoms with Crippen LogP contribution < -0.4 is 4.72 Å². The highest BCUT2D eigenvalue weighted by Crippen LogP contribution is 2.12. The van der Waals surface area contributed by atoms with Gasteiger partial charge in [0.25, 0.3) is 0 Å². The van der Waals surface area contributed by atoms with Gasteiger partial charge in [0, 0.05) is 25.1 Å². The molecular formula is C16H22N2O6S. The van der Waals surface area contributed by atoms with Crippen LogP contribution in [-0.4, -0.2) is 55.7 Å². The largest absolute Gasteiger partial charge is 0.480 e. The summed E-state index contributed by atoms with van der Waals surface area (Å²) in [6.07, 6.45) is 0.446. The predicted octanol–water partition coefficient (Wildman–Crippen LogP) is 0.881. The van der Waals surface area contributed by atoms with Crippen molar-refractivity contribution in [3.05, 3.63) is 29.8 Å². The van der Waals surface area contributed by atoms with E-state index < -0.39 is 28.4 Å². The smallest absolute Gasteiger partial charge is 0.323 e. The number of benzene rings is 1. The lowest BCUT2D eigenvalue weighted by molar-refractivity contribution is -0.144. The second-order valence-electron chi connectivity index (χ2n) is 5.44. The lowest BCUT2D eigenvalue weighted by Crippen LogP contribution is -2.38. The van der Waals surface area contributed by atoms with E-state index in [1.807, 2.05) is 6.92 Å². The maximum Gasteiger partial charge on any atom is 0.323 e. The average molecular weight is 370 g/mol. The van der Waals surface area contributed by atoms with Gasteiger partial charge in [-0.2, -0.15) is 0 Å². The van der Waals surface area contributed by atoms with Crippen LogP contribution in [0.5, 0.6) is 0 Å². The van der Waals surface area contributed by atoms with E-state index in [0.717, 1.165) is 0 Å². The molecule has 0 spiro atoms. The zero-order valence-electron chi connectivity index (χ0n) is 14.2. The van der Waals surface area contributed by atoms with Gasteiger partial charge in [0.05, 0.1) is 4.90 Å². The van der Waals surface area contributed by atoms with Crippen LogP contribution in [-0.2, 0) is 19.6 Å². The second kappa shape index (κ2) is 9.28. The monoisotopic (exact) mass is 370 g/mol. The van der Waals surface area contributed by atoms with Gasteiger partial charge < -0.3 is 10.0 Å². The number of carbonyl (C=O) groups excluding carboxylic acids is 2. The summed E-state index contributed by atoms with van der Waals surface area (Å²) < 4.78 is 26.7. The van der Waals surface area contributed by atoms with Crippen molar-refractivity contribution in [2.45, 2.75) is 31.6 Å². The summed E-state index contributed by atoms with van der Waals surface area (Å²) in [5, 5.41) is 8.80. The molecule has 0 saturated carbocycles. The van der Waals surface area contributed by atoms with E-state index in [1.54, 1.807) is 0 Å². The van der Waals surface area contributed by atoms with E-state index in [2.05, 4.69) is 4.72 Å². The molecule has 0 aliphatic rings. The summed E-state index contributed by atoms with van der Waals surface area (Å²) in [6.45, 7) is 2.86. The van der Waals surface area contributed by atoms with Gasteiger partial charge in [-0.3, -0.25) is 14.4 Å². The molecule has 8 nitrogen and oxygen atoms in total. The summed E-state index contributed by atoms with van der Waals surface area (Å²) in [5.41, 5.74) is 0.273. The van der Waals surface area contributed by atoms with Crippen molar-refractivity contribution in [2.24, 2.45) is 0 Å². The summed E-state index contributed by atoms with van der Waals surface area (Å²) in [4.78, 5) is 35.2. The van der Waals surface area contributed by atoms with Crippen molar-refractivity contribution in [2.75, 3.05) is 19.6 Å². The lowest BCUT2D eigenvalue weighted by atomic mass is 10.2. The van der Waals surface area contributed by atoms with Crippen LogP contribution in [0.15, 0.2) is 29.2 Å². The first-order valence-corrected chi connectivity index (χ1v) is 9.26. The van der Waals surface area contributed by atoms with Gasteiger partial charge in [0.15, 0.2) is 5.78 Å². The van der Waals surface area contributed by atoms with Gasteiger partial charge in [0.2, 0.25) is 15.9 Å². The van der Waals surface area contributed by atoms with Crippen molar-refractivity contribution < 1.29 is 27.9 Å². The molecule has 0 fully saturated rings. The molecule has 0 heterocycles. The second-order valence-corrected chi connectivity index (χ2v) is 7.21. The fourth-order valence-corrected chi connectivity index (χ4v) is 3.22. The Hall–Kier alpha value is -2.26. The standard InChI is InChI=1S/C16H22N2O6S/c1-3-9-18(11-16(21)22)15(20)7-8-17-25(23,24)14-6-4-5-13(10-14)12(2)19/h4-6,10,17H,3,7-9,11H2,1-2H3,(H,21,22). The number of nitrogens with zero attached hydrogens (tertiary/aromatic N) is 1. The van der Waals surface area contributed by atoms with E-state index in [4.69, 9.17) is 5.11 Å². The molecule has 9 heteroatoms. The van der Waals surface area contributed by atoms with Gasteiger partial charge in [0.1, 0.15) is 6.54 Å². The Balaban J connectivity index is 2.70. The van der Waals surface area contributed by atoms with Crippen LogP contribution >= 0.6 is 0 Å². The summed E-state index contributed by atoms with van der Waals surface area (Å²) in [7, 11) is -3.86. The van der Waals surface area contributed by atoms with Crippen LogP contribution in [0.3, 0.4) is 0 Å².